The summed E-state index contributed by atoms with van der Waals surface area (Å²) in [6, 6.07) is 13.4. The van der Waals surface area contributed by atoms with Crippen LogP contribution >= 0.6 is 11.6 Å². The first-order valence-corrected chi connectivity index (χ1v) is 5.99. The van der Waals surface area contributed by atoms with Gasteiger partial charge in [-0.3, -0.25) is 0 Å². The van der Waals surface area contributed by atoms with Gasteiger partial charge in [0.05, 0.1) is 5.02 Å². The van der Waals surface area contributed by atoms with E-state index in [9.17, 15) is 0 Å². The van der Waals surface area contributed by atoms with Gasteiger partial charge in [-0.15, -0.1) is 0 Å². The van der Waals surface area contributed by atoms with Gasteiger partial charge in [0.25, 0.3) is 0 Å². The molecule has 90 valence electrons. The lowest BCUT2D eigenvalue weighted by Crippen LogP contribution is -1.92. The molecule has 0 fully saturated rings. The molecule has 0 aliphatic rings. The standard InChI is InChI=1S/C14H11ClN2O/c1-16-13-7-3-6-11(17-13)12-8-9-4-2-5-10(15)14(9)18-12/h2-8H,1H3,(H,16,17). The summed E-state index contributed by atoms with van der Waals surface area (Å²) in [6.07, 6.45) is 0. The number of pyridine rings is 1. The molecule has 0 bridgehead atoms. The van der Waals surface area contributed by atoms with Gasteiger partial charge >= 0.3 is 0 Å². The minimum Gasteiger partial charge on any atom is -0.453 e. The van der Waals surface area contributed by atoms with E-state index in [0.717, 1.165) is 22.7 Å². The Balaban J connectivity index is 2.16. The first-order chi connectivity index (χ1) is 8.78. The predicted octanol–water partition coefficient (Wildman–Crippen LogP) is 4.19. The van der Waals surface area contributed by atoms with E-state index in [1.54, 1.807) is 0 Å². The molecule has 0 aliphatic heterocycles. The van der Waals surface area contributed by atoms with Gasteiger partial charge in [-0.1, -0.05) is 29.8 Å². The van der Waals surface area contributed by atoms with Crippen LogP contribution in [0.3, 0.4) is 0 Å². The van der Waals surface area contributed by atoms with Crippen molar-refractivity contribution in [2.45, 2.75) is 0 Å². The van der Waals surface area contributed by atoms with Crippen LogP contribution in [0, 0.1) is 0 Å². The number of aromatic nitrogens is 1. The molecule has 0 atom stereocenters. The second kappa shape index (κ2) is 4.35. The smallest absolute Gasteiger partial charge is 0.153 e. The molecule has 2 aromatic heterocycles. The third-order valence-electron chi connectivity index (χ3n) is 2.75. The van der Waals surface area contributed by atoms with Crippen LogP contribution in [-0.2, 0) is 0 Å². The van der Waals surface area contributed by atoms with Crippen LogP contribution in [0.2, 0.25) is 5.02 Å². The van der Waals surface area contributed by atoms with Gasteiger partial charge in [0.1, 0.15) is 11.5 Å². The molecule has 3 aromatic rings. The number of furan rings is 1. The molecular formula is C14H11ClN2O. The third kappa shape index (κ3) is 1.83. The van der Waals surface area contributed by atoms with Crippen molar-refractivity contribution in [1.29, 1.82) is 0 Å². The number of rotatable bonds is 2. The number of benzene rings is 1. The van der Waals surface area contributed by atoms with Crippen molar-refractivity contribution in [1.82, 2.24) is 4.98 Å². The maximum absolute atomic E-state index is 6.09. The normalized spacial score (nSPS) is 10.8. The third-order valence-corrected chi connectivity index (χ3v) is 3.05. The number of hydrogen-bond acceptors (Lipinski definition) is 3. The van der Waals surface area contributed by atoms with Crippen molar-refractivity contribution in [2.75, 3.05) is 12.4 Å². The van der Waals surface area contributed by atoms with Gasteiger partial charge in [0, 0.05) is 12.4 Å². The Labute approximate surface area is 109 Å². The SMILES string of the molecule is CNc1cccc(-c2cc3cccc(Cl)c3o2)n1. The topological polar surface area (TPSA) is 38.1 Å². The molecule has 0 aliphatic carbocycles. The second-order valence-electron chi connectivity index (χ2n) is 3.93. The number of halogens is 1. The average Bonchev–Trinajstić information content (AvgIpc) is 2.84. The summed E-state index contributed by atoms with van der Waals surface area (Å²) in [5.74, 6) is 1.52. The van der Waals surface area contributed by atoms with E-state index < -0.39 is 0 Å². The fourth-order valence-corrected chi connectivity index (χ4v) is 2.09. The highest BCUT2D eigenvalue weighted by Crippen LogP contribution is 2.31. The number of nitrogens with one attached hydrogen (secondary N) is 1. The summed E-state index contributed by atoms with van der Waals surface area (Å²) in [6.45, 7) is 0. The summed E-state index contributed by atoms with van der Waals surface area (Å²) in [7, 11) is 1.83. The number of anilines is 1. The van der Waals surface area contributed by atoms with Gasteiger partial charge in [-0.2, -0.15) is 0 Å². The Morgan fingerprint density at radius 2 is 2.00 bits per heavy atom. The summed E-state index contributed by atoms with van der Waals surface area (Å²) in [5.41, 5.74) is 1.49. The second-order valence-corrected chi connectivity index (χ2v) is 4.33. The van der Waals surface area contributed by atoms with Crippen LogP contribution < -0.4 is 5.32 Å². The highest BCUT2D eigenvalue weighted by Gasteiger charge is 2.09. The molecule has 0 amide bonds. The van der Waals surface area contributed by atoms with Crippen molar-refractivity contribution in [3.05, 3.63) is 47.5 Å². The Bertz CT molecular complexity index is 706. The lowest BCUT2D eigenvalue weighted by molar-refractivity contribution is 0.629. The zero-order chi connectivity index (χ0) is 12.5. The van der Waals surface area contributed by atoms with Gasteiger partial charge in [-0.05, 0) is 24.3 Å². The summed E-state index contributed by atoms with van der Waals surface area (Å²) in [4.78, 5) is 4.44. The Morgan fingerprint density at radius 3 is 2.78 bits per heavy atom. The lowest BCUT2D eigenvalue weighted by Gasteiger charge is -2.00. The predicted molar refractivity (Wildman–Crippen MR) is 74.0 cm³/mol. The first-order valence-electron chi connectivity index (χ1n) is 5.61. The van der Waals surface area contributed by atoms with Crippen LogP contribution in [0.1, 0.15) is 0 Å². The van der Waals surface area contributed by atoms with E-state index in [1.165, 1.54) is 0 Å². The van der Waals surface area contributed by atoms with Crippen LogP contribution in [0.25, 0.3) is 22.4 Å². The minimum atomic E-state index is 0.614. The van der Waals surface area contributed by atoms with E-state index in [-0.39, 0.29) is 0 Å². The van der Waals surface area contributed by atoms with E-state index in [2.05, 4.69) is 10.3 Å². The number of fused-ring (bicyclic) bond motifs is 1. The average molecular weight is 259 g/mol. The molecular weight excluding hydrogens is 248 g/mol. The Kier molecular flexibility index (Phi) is 2.68. The van der Waals surface area contributed by atoms with Crippen LogP contribution in [0.5, 0.6) is 0 Å². The molecule has 0 spiro atoms. The maximum atomic E-state index is 6.09. The van der Waals surface area contributed by atoms with Gasteiger partial charge < -0.3 is 9.73 Å². The molecule has 1 aromatic carbocycles. The van der Waals surface area contributed by atoms with E-state index in [1.807, 2.05) is 49.5 Å². The molecule has 4 heteroatoms. The molecule has 2 heterocycles. The monoisotopic (exact) mass is 258 g/mol. The number of para-hydroxylation sites is 1. The summed E-state index contributed by atoms with van der Waals surface area (Å²) in [5, 5.41) is 4.60. The molecule has 18 heavy (non-hydrogen) atoms. The molecule has 3 rings (SSSR count). The van der Waals surface area contributed by atoms with Crippen molar-refractivity contribution in [3.8, 4) is 11.5 Å². The fourth-order valence-electron chi connectivity index (χ4n) is 1.86. The Hall–Kier alpha value is -2.00. The maximum Gasteiger partial charge on any atom is 0.153 e. The van der Waals surface area contributed by atoms with Crippen LogP contribution in [0.4, 0.5) is 5.82 Å². The lowest BCUT2D eigenvalue weighted by atomic mass is 10.2. The van der Waals surface area contributed by atoms with Crippen molar-refractivity contribution in [3.63, 3.8) is 0 Å². The minimum absolute atomic E-state index is 0.614. The van der Waals surface area contributed by atoms with Gasteiger partial charge in [0.2, 0.25) is 0 Å². The van der Waals surface area contributed by atoms with E-state index in [0.29, 0.717) is 10.6 Å². The number of nitrogens with zero attached hydrogens (tertiary/aromatic N) is 1. The van der Waals surface area contributed by atoms with Crippen LogP contribution in [0.15, 0.2) is 46.9 Å². The highest BCUT2D eigenvalue weighted by atomic mass is 35.5. The molecule has 0 saturated carbocycles. The zero-order valence-electron chi connectivity index (χ0n) is 9.77. The van der Waals surface area contributed by atoms with Crippen LogP contribution in [-0.4, -0.2) is 12.0 Å². The molecule has 3 nitrogen and oxygen atoms in total. The molecule has 1 N–H and O–H groups in total. The number of hydrogen-bond donors (Lipinski definition) is 1. The Morgan fingerprint density at radius 1 is 1.17 bits per heavy atom. The zero-order valence-corrected chi connectivity index (χ0v) is 10.5. The van der Waals surface area contributed by atoms with Gasteiger partial charge in [-0.25, -0.2) is 4.98 Å². The summed E-state index contributed by atoms with van der Waals surface area (Å²) < 4.78 is 5.76. The highest BCUT2D eigenvalue weighted by molar-refractivity contribution is 6.34. The molecule has 0 unspecified atom stereocenters. The summed E-state index contributed by atoms with van der Waals surface area (Å²) >= 11 is 6.09. The van der Waals surface area contributed by atoms with Crippen molar-refractivity contribution < 1.29 is 4.42 Å². The molecule has 0 radical (unpaired) electrons. The van der Waals surface area contributed by atoms with Crippen molar-refractivity contribution >= 4 is 28.4 Å². The molecule has 0 saturated heterocycles. The first kappa shape index (κ1) is 11.1. The van der Waals surface area contributed by atoms with Gasteiger partial charge in [0.15, 0.2) is 11.3 Å². The van der Waals surface area contributed by atoms with E-state index in [4.69, 9.17) is 16.0 Å². The van der Waals surface area contributed by atoms with Crippen molar-refractivity contribution in [2.24, 2.45) is 0 Å². The quantitative estimate of drug-likeness (QED) is 0.749. The fraction of sp³-hybridized carbons (Fsp3) is 0.0714. The largest absolute Gasteiger partial charge is 0.453 e. The van der Waals surface area contributed by atoms with E-state index >= 15 is 0 Å².